The van der Waals surface area contributed by atoms with E-state index in [1.807, 2.05) is 30.3 Å². The van der Waals surface area contributed by atoms with Crippen molar-refractivity contribution < 1.29 is 78.3 Å². The molecule has 0 saturated carbocycles. The first-order valence-electron chi connectivity index (χ1n) is 7.93. The van der Waals surface area contributed by atoms with Crippen molar-refractivity contribution in [3.05, 3.63) is 35.9 Å². The van der Waals surface area contributed by atoms with Gasteiger partial charge in [-0.1, -0.05) is 62.9 Å². The van der Waals surface area contributed by atoms with E-state index in [9.17, 15) is 19.1 Å². The molecule has 1 N–H and O–H groups in total. The van der Waals surface area contributed by atoms with Crippen LogP contribution in [0.4, 0.5) is 0 Å². The van der Waals surface area contributed by atoms with Crippen LogP contribution < -0.4 is 74.2 Å². The zero-order chi connectivity index (χ0) is 17.1. The average molecular weight is 403 g/mol. The second kappa shape index (κ2) is 16.2. The van der Waals surface area contributed by atoms with E-state index in [1.54, 1.807) is 0 Å². The average Bonchev–Trinajstić information content (AvgIpc) is 2.51. The molecule has 0 aromatic heterocycles. The van der Waals surface area contributed by atoms with Crippen LogP contribution in [0.2, 0.25) is 0 Å². The van der Waals surface area contributed by atoms with Crippen LogP contribution in [-0.2, 0) is 9.36 Å². The second-order valence-electron chi connectivity index (χ2n) is 5.44. The summed E-state index contributed by atoms with van der Waals surface area (Å²) in [5.74, 6) is -0.0850. The first kappa shape index (κ1) is 28.4. The zero-order valence-corrected chi connectivity index (χ0v) is 21.1. The van der Waals surface area contributed by atoms with Crippen LogP contribution in [0.1, 0.15) is 57.1 Å². The van der Waals surface area contributed by atoms with E-state index in [4.69, 9.17) is 0 Å². The van der Waals surface area contributed by atoms with Crippen LogP contribution in [0, 0.1) is 0 Å². The van der Waals surface area contributed by atoms with Crippen molar-refractivity contribution in [1.29, 1.82) is 0 Å². The molecule has 5 nitrogen and oxygen atoms in total. The van der Waals surface area contributed by atoms with Crippen molar-refractivity contribution in [2.24, 2.45) is 0 Å². The number of carbonyl (C=O) groups excluding carboxylic acids is 1. The summed E-state index contributed by atoms with van der Waals surface area (Å²) < 4.78 is 10.8. The topological polar surface area (TPSA) is 92.3 Å². The minimum Gasteiger partial charge on any atom is -0.803 e. The van der Waals surface area contributed by atoms with Gasteiger partial charge in [-0.2, -0.15) is 0 Å². The molecule has 130 valence electrons. The standard InChI is InChI=1S/C16H26NO4PS.2Na/c1-2-3-4-5-9-12-16(18)17-15(13-23-22(19,20)21)14-10-7-6-8-11-14;;/h6-8,10-11,15H,2-5,9,12-13H2,1H3,(H,17,18)(H2,19,20,21);;/q;2*+1/p-2/t15-;;/m0../s1. The minimum atomic E-state index is -4.65. The van der Waals surface area contributed by atoms with E-state index in [1.165, 1.54) is 6.42 Å². The van der Waals surface area contributed by atoms with Crippen LogP contribution in [0.15, 0.2) is 30.3 Å². The number of amides is 1. The van der Waals surface area contributed by atoms with E-state index in [0.29, 0.717) is 17.8 Å². The summed E-state index contributed by atoms with van der Waals surface area (Å²) in [7, 11) is 0. The van der Waals surface area contributed by atoms with Crippen LogP contribution >= 0.6 is 18.2 Å². The van der Waals surface area contributed by atoms with Crippen molar-refractivity contribution in [1.82, 2.24) is 5.32 Å². The zero-order valence-electron chi connectivity index (χ0n) is 15.4. The molecule has 0 aliphatic carbocycles. The van der Waals surface area contributed by atoms with Crippen molar-refractivity contribution in [2.45, 2.75) is 51.5 Å². The molecule has 0 bridgehead atoms. The van der Waals surface area contributed by atoms with Gasteiger partial charge in [-0.25, -0.2) is 0 Å². The Bertz CT molecular complexity index is 516. The smallest absolute Gasteiger partial charge is 0.803 e. The van der Waals surface area contributed by atoms with Crippen LogP contribution in [0.3, 0.4) is 0 Å². The molecule has 25 heavy (non-hydrogen) atoms. The second-order valence-corrected chi connectivity index (χ2v) is 9.04. The Labute approximate surface area is 199 Å². The van der Waals surface area contributed by atoms with Crippen LogP contribution in [-0.4, -0.2) is 11.7 Å². The summed E-state index contributed by atoms with van der Waals surface area (Å²) in [5, 5.41) is 2.84. The molecular formula is C16H24NNa2O4PS. The van der Waals surface area contributed by atoms with Gasteiger partial charge in [0.05, 0.1) is 6.04 Å². The van der Waals surface area contributed by atoms with E-state index < -0.39 is 12.8 Å². The first-order chi connectivity index (χ1) is 10.9. The summed E-state index contributed by atoms with van der Waals surface area (Å²) >= 11 is 0.343. The molecule has 1 aromatic rings. The molecule has 0 saturated heterocycles. The van der Waals surface area contributed by atoms with Gasteiger partial charge >= 0.3 is 59.1 Å². The Kier molecular flexibility index (Phi) is 18.4. The van der Waals surface area contributed by atoms with Gasteiger partial charge in [-0.05, 0) is 18.8 Å². The number of hydrogen-bond donors (Lipinski definition) is 1. The molecule has 1 rings (SSSR count). The summed E-state index contributed by atoms with van der Waals surface area (Å²) in [4.78, 5) is 33.7. The number of carbonyl (C=O) groups is 1. The van der Waals surface area contributed by atoms with E-state index in [2.05, 4.69) is 12.2 Å². The van der Waals surface area contributed by atoms with Gasteiger partial charge in [0.25, 0.3) is 0 Å². The third-order valence-corrected chi connectivity index (χ3v) is 5.64. The van der Waals surface area contributed by atoms with Gasteiger partial charge in [0, 0.05) is 12.2 Å². The molecule has 0 aliphatic rings. The van der Waals surface area contributed by atoms with E-state index >= 15 is 0 Å². The van der Waals surface area contributed by atoms with Crippen LogP contribution in [0.25, 0.3) is 0 Å². The van der Waals surface area contributed by atoms with Crippen LogP contribution in [0.5, 0.6) is 0 Å². The molecule has 1 atom stereocenters. The Morgan fingerprint density at radius 1 is 1.12 bits per heavy atom. The summed E-state index contributed by atoms with van der Waals surface area (Å²) in [6.07, 6.45) is 5.71. The van der Waals surface area contributed by atoms with Gasteiger partial charge in [0.15, 0.2) is 0 Å². The number of benzene rings is 1. The number of hydrogen-bond acceptors (Lipinski definition) is 5. The van der Waals surface area contributed by atoms with Gasteiger partial charge < -0.3 is 19.7 Å². The number of nitrogens with one attached hydrogen (secondary N) is 1. The molecule has 0 radical (unpaired) electrons. The van der Waals surface area contributed by atoms with Gasteiger partial charge in [0.1, 0.15) is 0 Å². The summed E-state index contributed by atoms with van der Waals surface area (Å²) in [5.41, 5.74) is 0.799. The Morgan fingerprint density at radius 3 is 2.28 bits per heavy atom. The molecule has 0 heterocycles. The fourth-order valence-electron chi connectivity index (χ4n) is 2.23. The molecule has 0 fully saturated rings. The number of rotatable bonds is 11. The van der Waals surface area contributed by atoms with Gasteiger partial charge in [-0.3, -0.25) is 4.79 Å². The monoisotopic (exact) mass is 403 g/mol. The maximum Gasteiger partial charge on any atom is 1.00 e. The van der Waals surface area contributed by atoms with Crippen molar-refractivity contribution in [3.63, 3.8) is 0 Å². The van der Waals surface area contributed by atoms with Crippen molar-refractivity contribution in [3.8, 4) is 0 Å². The van der Waals surface area contributed by atoms with Crippen molar-refractivity contribution in [2.75, 3.05) is 5.75 Å². The first-order valence-corrected chi connectivity index (χ1v) is 11.1. The van der Waals surface area contributed by atoms with Gasteiger partial charge in [-0.15, -0.1) is 11.4 Å². The maximum atomic E-state index is 12.0. The molecule has 1 aromatic carbocycles. The fraction of sp³-hybridized carbons (Fsp3) is 0.562. The predicted octanol–water partition coefficient (Wildman–Crippen LogP) is -3.23. The fourth-order valence-corrected chi connectivity index (χ4v) is 3.83. The molecule has 0 spiro atoms. The SMILES string of the molecule is CCCCCCCC(=O)N[C@@H](CSP(=O)([O-])[O-])c1ccccc1.[Na+].[Na+]. The Balaban J connectivity index is 0. The van der Waals surface area contributed by atoms with E-state index in [-0.39, 0.29) is 70.8 Å². The summed E-state index contributed by atoms with van der Waals surface area (Å²) in [6, 6.07) is 8.63. The minimum absolute atomic E-state index is 0. The molecule has 0 unspecified atom stereocenters. The normalized spacial score (nSPS) is 11.8. The molecule has 0 aliphatic heterocycles. The maximum absolute atomic E-state index is 12.0. The molecule has 1 amide bonds. The Hall–Kier alpha value is 1.19. The van der Waals surface area contributed by atoms with E-state index in [0.717, 1.165) is 31.2 Å². The van der Waals surface area contributed by atoms with Crippen molar-refractivity contribution >= 4 is 24.1 Å². The summed E-state index contributed by atoms with van der Waals surface area (Å²) in [6.45, 7) is -2.51. The molecule has 9 heteroatoms. The Morgan fingerprint density at radius 2 is 1.72 bits per heavy atom. The van der Waals surface area contributed by atoms with Gasteiger partial charge in [0.2, 0.25) is 5.91 Å². The largest absolute Gasteiger partial charge is 1.00 e. The molecular weight excluding hydrogens is 379 g/mol. The predicted molar refractivity (Wildman–Crippen MR) is 90.8 cm³/mol. The third kappa shape index (κ3) is 14.9. The quantitative estimate of drug-likeness (QED) is 0.238. The third-order valence-electron chi connectivity index (χ3n) is 3.44. The number of unbranched alkanes of at least 4 members (excludes halogenated alkanes) is 4.